The highest BCUT2D eigenvalue weighted by Crippen LogP contribution is 2.22. The minimum absolute atomic E-state index is 0.122. The van der Waals surface area contributed by atoms with E-state index in [0.717, 1.165) is 12.5 Å². The van der Waals surface area contributed by atoms with E-state index in [-0.39, 0.29) is 16.2 Å². The summed E-state index contributed by atoms with van der Waals surface area (Å²) in [6.45, 7) is 0. The quantitative estimate of drug-likeness (QED) is 0.738. The summed E-state index contributed by atoms with van der Waals surface area (Å²) in [5.74, 6) is -0.536. The number of sulfone groups is 2. The van der Waals surface area contributed by atoms with Crippen LogP contribution >= 0.6 is 0 Å². The fraction of sp³-hybridized carbons (Fsp3) is 0.364. The molecule has 0 aliphatic carbocycles. The maximum atomic E-state index is 11.6. The number of carbonyl (C=O) groups excluding carboxylic acids is 1. The van der Waals surface area contributed by atoms with E-state index in [1.165, 1.54) is 25.3 Å². The molecule has 0 amide bonds. The number of methoxy groups -OCH3 is 1. The molecular weight excluding hydrogens is 292 g/mol. The maximum Gasteiger partial charge on any atom is 0.309 e. The minimum Gasteiger partial charge on any atom is -0.469 e. The lowest BCUT2D eigenvalue weighted by molar-refractivity contribution is -0.139. The summed E-state index contributed by atoms with van der Waals surface area (Å²) >= 11 is 0. The second-order valence-electron chi connectivity index (χ2n) is 4.08. The van der Waals surface area contributed by atoms with Gasteiger partial charge in [-0.15, -0.1) is 0 Å². The van der Waals surface area contributed by atoms with E-state index in [9.17, 15) is 21.6 Å². The SMILES string of the molecule is COC(=O)Cc1ccc(S(C)(=O)=O)c(S(C)(=O)=O)c1. The highest BCUT2D eigenvalue weighted by Gasteiger charge is 2.21. The van der Waals surface area contributed by atoms with Crippen molar-refractivity contribution in [3.05, 3.63) is 23.8 Å². The predicted molar refractivity (Wildman–Crippen MR) is 68.4 cm³/mol. The van der Waals surface area contributed by atoms with Crippen LogP contribution in [0.5, 0.6) is 0 Å². The lowest BCUT2D eigenvalue weighted by Crippen LogP contribution is -2.10. The van der Waals surface area contributed by atoms with Crippen molar-refractivity contribution < 1.29 is 26.4 Å². The molecule has 0 bridgehead atoms. The van der Waals surface area contributed by atoms with E-state index in [1.54, 1.807) is 0 Å². The van der Waals surface area contributed by atoms with Gasteiger partial charge in [-0.2, -0.15) is 0 Å². The summed E-state index contributed by atoms with van der Waals surface area (Å²) in [6, 6.07) is 3.76. The lowest BCUT2D eigenvalue weighted by Gasteiger charge is -2.08. The van der Waals surface area contributed by atoms with Crippen LogP contribution in [-0.4, -0.2) is 42.4 Å². The van der Waals surface area contributed by atoms with E-state index in [1.807, 2.05) is 0 Å². The van der Waals surface area contributed by atoms with Gasteiger partial charge in [-0.1, -0.05) is 6.07 Å². The number of benzene rings is 1. The molecule has 0 aliphatic heterocycles. The van der Waals surface area contributed by atoms with Gasteiger partial charge >= 0.3 is 5.97 Å². The fourth-order valence-electron chi connectivity index (χ4n) is 1.50. The molecule has 1 aromatic carbocycles. The van der Waals surface area contributed by atoms with Crippen molar-refractivity contribution in [1.29, 1.82) is 0 Å². The van der Waals surface area contributed by atoms with E-state index in [2.05, 4.69) is 4.74 Å². The van der Waals surface area contributed by atoms with Gasteiger partial charge in [0, 0.05) is 12.5 Å². The maximum absolute atomic E-state index is 11.6. The van der Waals surface area contributed by atoms with E-state index in [0.29, 0.717) is 5.56 Å². The van der Waals surface area contributed by atoms with Crippen molar-refractivity contribution in [3.8, 4) is 0 Å². The van der Waals surface area contributed by atoms with Crippen LogP contribution in [0.15, 0.2) is 28.0 Å². The van der Waals surface area contributed by atoms with Gasteiger partial charge in [-0.3, -0.25) is 4.79 Å². The molecule has 0 unspecified atom stereocenters. The van der Waals surface area contributed by atoms with Gasteiger partial charge in [0.2, 0.25) is 0 Å². The Morgan fingerprint density at radius 3 is 2.00 bits per heavy atom. The van der Waals surface area contributed by atoms with Crippen molar-refractivity contribution in [2.75, 3.05) is 19.6 Å². The van der Waals surface area contributed by atoms with Crippen molar-refractivity contribution >= 4 is 25.6 Å². The van der Waals surface area contributed by atoms with Gasteiger partial charge in [-0.25, -0.2) is 16.8 Å². The largest absolute Gasteiger partial charge is 0.469 e. The molecule has 0 saturated heterocycles. The molecule has 0 N–H and O–H groups in total. The molecule has 0 atom stereocenters. The third-order valence-corrected chi connectivity index (χ3v) is 4.80. The summed E-state index contributed by atoms with van der Waals surface area (Å²) in [6.07, 6.45) is 1.72. The van der Waals surface area contributed by atoms with Crippen LogP contribution in [0.2, 0.25) is 0 Å². The molecular formula is C11H14O6S2. The van der Waals surface area contributed by atoms with Crippen molar-refractivity contribution in [1.82, 2.24) is 0 Å². The van der Waals surface area contributed by atoms with Gasteiger partial charge in [0.15, 0.2) is 19.7 Å². The Labute approximate surface area is 112 Å². The Morgan fingerprint density at radius 1 is 1.05 bits per heavy atom. The minimum atomic E-state index is -3.71. The molecule has 8 heteroatoms. The first kappa shape index (κ1) is 15.6. The van der Waals surface area contributed by atoms with Crippen LogP contribution < -0.4 is 0 Å². The number of carbonyl (C=O) groups is 1. The zero-order valence-electron chi connectivity index (χ0n) is 10.7. The normalized spacial score (nSPS) is 12.2. The van der Waals surface area contributed by atoms with Gasteiger partial charge < -0.3 is 4.74 Å². The van der Waals surface area contributed by atoms with Crippen molar-refractivity contribution in [2.45, 2.75) is 16.2 Å². The van der Waals surface area contributed by atoms with Gasteiger partial charge in [0.25, 0.3) is 0 Å². The average molecular weight is 306 g/mol. The molecule has 1 aromatic rings. The summed E-state index contributed by atoms with van der Waals surface area (Å²) < 4.78 is 50.8. The lowest BCUT2D eigenvalue weighted by atomic mass is 10.1. The Balaban J connectivity index is 3.45. The van der Waals surface area contributed by atoms with Crippen LogP contribution in [0.4, 0.5) is 0 Å². The van der Waals surface area contributed by atoms with Crippen molar-refractivity contribution in [3.63, 3.8) is 0 Å². The first-order valence-corrected chi connectivity index (χ1v) is 8.94. The Bertz CT molecular complexity index is 701. The third-order valence-electron chi connectivity index (χ3n) is 2.38. The second kappa shape index (κ2) is 5.30. The number of hydrogen-bond donors (Lipinski definition) is 0. The number of hydrogen-bond acceptors (Lipinski definition) is 6. The van der Waals surface area contributed by atoms with Gasteiger partial charge in [-0.05, 0) is 17.7 Å². The summed E-state index contributed by atoms with van der Waals surface area (Å²) in [5, 5.41) is 0. The summed E-state index contributed by atoms with van der Waals surface area (Å²) in [4.78, 5) is 10.6. The molecule has 0 aromatic heterocycles. The van der Waals surface area contributed by atoms with E-state index < -0.39 is 25.6 Å². The molecule has 6 nitrogen and oxygen atoms in total. The topological polar surface area (TPSA) is 94.6 Å². The fourth-order valence-corrected chi connectivity index (χ4v) is 3.94. The first-order chi connectivity index (χ1) is 8.55. The number of esters is 1. The molecule has 0 radical (unpaired) electrons. The number of rotatable bonds is 4. The summed E-state index contributed by atoms with van der Waals surface area (Å²) in [5.41, 5.74) is 0.375. The van der Waals surface area contributed by atoms with E-state index in [4.69, 9.17) is 0 Å². The highest BCUT2D eigenvalue weighted by atomic mass is 32.2. The zero-order chi connectivity index (χ0) is 14.8. The van der Waals surface area contributed by atoms with Gasteiger partial charge in [0.1, 0.15) is 0 Å². The Morgan fingerprint density at radius 2 is 1.58 bits per heavy atom. The molecule has 1 rings (SSSR count). The molecule has 0 saturated carbocycles. The average Bonchev–Trinajstić information content (AvgIpc) is 2.26. The highest BCUT2D eigenvalue weighted by molar-refractivity contribution is 7.93. The van der Waals surface area contributed by atoms with Crippen LogP contribution in [0, 0.1) is 0 Å². The second-order valence-corrected chi connectivity index (χ2v) is 8.05. The molecule has 106 valence electrons. The monoisotopic (exact) mass is 306 g/mol. The van der Waals surface area contributed by atoms with Gasteiger partial charge in [0.05, 0.1) is 23.3 Å². The standard InChI is InChI=1S/C11H14O6S2/c1-17-11(12)7-8-4-5-9(18(2,13)14)10(6-8)19(3,15)16/h4-6H,7H2,1-3H3. The van der Waals surface area contributed by atoms with E-state index >= 15 is 0 Å². The molecule has 0 fully saturated rings. The molecule has 0 aliphatic rings. The first-order valence-electron chi connectivity index (χ1n) is 5.15. The van der Waals surface area contributed by atoms with Crippen LogP contribution in [0.1, 0.15) is 5.56 Å². The smallest absolute Gasteiger partial charge is 0.309 e. The molecule has 19 heavy (non-hydrogen) atoms. The Hall–Kier alpha value is -1.41. The number of ether oxygens (including phenoxy) is 1. The van der Waals surface area contributed by atoms with Crippen molar-refractivity contribution in [2.24, 2.45) is 0 Å². The molecule has 0 heterocycles. The predicted octanol–water partition coefficient (Wildman–Crippen LogP) is 0.209. The van der Waals surface area contributed by atoms with Crippen LogP contribution in [-0.2, 0) is 35.6 Å². The van der Waals surface area contributed by atoms with Crippen LogP contribution in [0.3, 0.4) is 0 Å². The van der Waals surface area contributed by atoms with Crippen LogP contribution in [0.25, 0.3) is 0 Å². The molecule has 0 spiro atoms. The zero-order valence-corrected chi connectivity index (χ0v) is 12.3. The summed E-state index contributed by atoms with van der Waals surface area (Å²) in [7, 11) is -6.16. The Kier molecular flexibility index (Phi) is 4.36. The third kappa shape index (κ3) is 4.03.